The zero-order valence-corrected chi connectivity index (χ0v) is 13.5. The largest absolute Gasteiger partial charge is 0.480 e. The highest BCUT2D eigenvalue weighted by Crippen LogP contribution is 2.21. The van der Waals surface area contributed by atoms with Gasteiger partial charge in [0.25, 0.3) is 0 Å². The van der Waals surface area contributed by atoms with Crippen LogP contribution in [-0.2, 0) is 11.2 Å². The van der Waals surface area contributed by atoms with Gasteiger partial charge in [0.05, 0.1) is 0 Å². The molecule has 2 rings (SSSR count). The average molecular weight is 330 g/mol. The lowest BCUT2D eigenvalue weighted by Gasteiger charge is -2.32. The van der Waals surface area contributed by atoms with E-state index < -0.39 is 18.0 Å². The molecule has 1 aromatic heterocycles. The Bertz CT molecular complexity index is 520. The topological polar surface area (TPSA) is 95.4 Å². The molecule has 2 heterocycles. The van der Waals surface area contributed by atoms with E-state index in [1.807, 2.05) is 0 Å². The zero-order chi connectivity index (χ0) is 15.4. The van der Waals surface area contributed by atoms with Crippen LogP contribution in [0.15, 0.2) is 0 Å². The maximum atomic E-state index is 12.2. The molecule has 0 radical (unpaired) electrons. The van der Waals surface area contributed by atoms with Gasteiger partial charge < -0.3 is 10.0 Å². The second-order valence-corrected chi connectivity index (χ2v) is 7.36. The van der Waals surface area contributed by atoms with Gasteiger partial charge in [-0.2, -0.15) is 11.8 Å². The predicted octanol–water partition coefficient (Wildman–Crippen LogP) is 1.77. The van der Waals surface area contributed by atoms with Gasteiger partial charge in [-0.05, 0) is 5.92 Å². The van der Waals surface area contributed by atoms with Crippen LogP contribution < -0.4 is 5.32 Å². The molecule has 1 aliphatic heterocycles. The summed E-state index contributed by atoms with van der Waals surface area (Å²) in [5.74, 6) is 0.649. The Morgan fingerprint density at radius 1 is 1.48 bits per heavy atom. The van der Waals surface area contributed by atoms with Crippen molar-refractivity contribution in [2.45, 2.75) is 26.3 Å². The minimum absolute atomic E-state index is 0.414. The van der Waals surface area contributed by atoms with E-state index >= 15 is 0 Å². The van der Waals surface area contributed by atoms with Crippen molar-refractivity contribution >= 4 is 40.2 Å². The number of amides is 2. The number of aliphatic carboxylic acids is 1. The highest BCUT2D eigenvalue weighted by molar-refractivity contribution is 7.99. The number of aromatic nitrogens is 2. The Hall–Kier alpha value is -1.35. The number of thioether (sulfide) groups is 1. The van der Waals surface area contributed by atoms with Gasteiger partial charge in [0.1, 0.15) is 11.0 Å². The van der Waals surface area contributed by atoms with Crippen molar-refractivity contribution in [2.24, 2.45) is 5.92 Å². The quantitative estimate of drug-likeness (QED) is 0.873. The molecule has 116 valence electrons. The third kappa shape index (κ3) is 4.31. The normalized spacial score (nSPS) is 18.8. The number of carboxylic acid groups (broad SMARTS) is 1. The zero-order valence-electron chi connectivity index (χ0n) is 11.9. The van der Waals surface area contributed by atoms with Crippen molar-refractivity contribution < 1.29 is 14.7 Å². The van der Waals surface area contributed by atoms with Gasteiger partial charge in [-0.3, -0.25) is 5.32 Å². The second-order valence-electron chi connectivity index (χ2n) is 5.15. The van der Waals surface area contributed by atoms with E-state index in [0.717, 1.165) is 17.2 Å². The standard InChI is InChI=1S/C12H18N4O3S2/c1-7(2)5-9-14-15-11(21-9)13-12(19)16-3-4-20-6-8(16)10(17)18/h7-8H,3-6H2,1-2H3,(H,17,18)(H,13,15,19). The molecule has 1 fully saturated rings. The molecule has 2 N–H and O–H groups in total. The summed E-state index contributed by atoms with van der Waals surface area (Å²) in [5.41, 5.74) is 0. The minimum Gasteiger partial charge on any atom is -0.480 e. The Labute approximate surface area is 131 Å². The summed E-state index contributed by atoms with van der Waals surface area (Å²) in [6, 6.07) is -1.21. The van der Waals surface area contributed by atoms with Crippen molar-refractivity contribution in [3.8, 4) is 0 Å². The number of rotatable bonds is 4. The third-order valence-electron chi connectivity index (χ3n) is 2.94. The number of carbonyl (C=O) groups excluding carboxylic acids is 1. The van der Waals surface area contributed by atoms with Crippen LogP contribution in [0, 0.1) is 5.92 Å². The van der Waals surface area contributed by atoms with Crippen LogP contribution in [0.4, 0.5) is 9.93 Å². The Balaban J connectivity index is 1.99. The fourth-order valence-corrected chi connectivity index (χ4v) is 3.93. The molecule has 21 heavy (non-hydrogen) atoms. The second kappa shape index (κ2) is 7.08. The van der Waals surface area contributed by atoms with Gasteiger partial charge in [-0.25, -0.2) is 9.59 Å². The molecule has 0 bridgehead atoms. The molecule has 7 nitrogen and oxygen atoms in total. The highest BCUT2D eigenvalue weighted by Gasteiger charge is 2.32. The maximum Gasteiger partial charge on any atom is 0.327 e. The van der Waals surface area contributed by atoms with Gasteiger partial charge in [-0.15, -0.1) is 10.2 Å². The lowest BCUT2D eigenvalue weighted by Crippen LogP contribution is -2.51. The monoisotopic (exact) mass is 330 g/mol. The predicted molar refractivity (Wildman–Crippen MR) is 82.9 cm³/mol. The van der Waals surface area contributed by atoms with E-state index in [9.17, 15) is 9.59 Å². The van der Waals surface area contributed by atoms with E-state index in [2.05, 4.69) is 29.4 Å². The van der Waals surface area contributed by atoms with Gasteiger partial charge in [0.15, 0.2) is 0 Å². The lowest BCUT2D eigenvalue weighted by molar-refractivity contribution is -0.141. The number of anilines is 1. The Morgan fingerprint density at radius 2 is 2.24 bits per heavy atom. The fourth-order valence-electron chi connectivity index (χ4n) is 1.95. The number of hydrogen-bond acceptors (Lipinski definition) is 6. The SMILES string of the molecule is CC(C)Cc1nnc(NC(=O)N2CCSCC2C(=O)O)s1. The van der Waals surface area contributed by atoms with Gasteiger partial charge in [0, 0.05) is 24.5 Å². The van der Waals surface area contributed by atoms with Crippen LogP contribution in [0.5, 0.6) is 0 Å². The van der Waals surface area contributed by atoms with E-state index in [4.69, 9.17) is 5.11 Å². The minimum atomic E-state index is -0.977. The summed E-state index contributed by atoms with van der Waals surface area (Å²) in [5, 5.41) is 21.1. The molecule has 1 unspecified atom stereocenters. The molecular weight excluding hydrogens is 312 g/mol. The molecule has 1 aromatic rings. The van der Waals surface area contributed by atoms with Crippen LogP contribution in [0.1, 0.15) is 18.9 Å². The van der Waals surface area contributed by atoms with Crippen LogP contribution >= 0.6 is 23.1 Å². The Morgan fingerprint density at radius 3 is 2.90 bits per heavy atom. The van der Waals surface area contributed by atoms with Crippen LogP contribution in [0.3, 0.4) is 0 Å². The molecule has 0 saturated carbocycles. The first-order chi connectivity index (χ1) is 9.97. The fraction of sp³-hybridized carbons (Fsp3) is 0.667. The smallest absolute Gasteiger partial charge is 0.327 e. The van der Waals surface area contributed by atoms with Gasteiger partial charge in [-0.1, -0.05) is 25.2 Å². The van der Waals surface area contributed by atoms with E-state index in [0.29, 0.717) is 23.3 Å². The molecule has 2 amide bonds. The molecular formula is C12H18N4O3S2. The van der Waals surface area contributed by atoms with E-state index in [1.165, 1.54) is 16.2 Å². The van der Waals surface area contributed by atoms with Crippen molar-refractivity contribution in [3.05, 3.63) is 5.01 Å². The lowest BCUT2D eigenvalue weighted by atomic mass is 10.1. The van der Waals surface area contributed by atoms with Crippen molar-refractivity contribution in [3.63, 3.8) is 0 Å². The van der Waals surface area contributed by atoms with Gasteiger partial charge >= 0.3 is 12.0 Å². The number of hydrogen-bond donors (Lipinski definition) is 2. The summed E-state index contributed by atoms with van der Waals surface area (Å²) in [6.45, 7) is 4.59. The third-order valence-corrected chi connectivity index (χ3v) is 4.82. The highest BCUT2D eigenvalue weighted by atomic mass is 32.2. The Kier molecular flexibility index (Phi) is 5.40. The summed E-state index contributed by atoms with van der Waals surface area (Å²) >= 11 is 2.87. The summed E-state index contributed by atoms with van der Waals surface area (Å²) in [7, 11) is 0. The summed E-state index contributed by atoms with van der Waals surface area (Å²) in [4.78, 5) is 24.7. The summed E-state index contributed by atoms with van der Waals surface area (Å²) < 4.78 is 0. The van der Waals surface area contributed by atoms with Crippen molar-refractivity contribution in [1.29, 1.82) is 0 Å². The first kappa shape index (κ1) is 16.0. The van der Waals surface area contributed by atoms with Crippen LogP contribution in [0.2, 0.25) is 0 Å². The number of carbonyl (C=O) groups is 2. The molecule has 1 atom stereocenters. The number of nitrogens with one attached hydrogen (secondary N) is 1. The number of carboxylic acids is 1. The molecule has 0 aliphatic carbocycles. The first-order valence-electron chi connectivity index (χ1n) is 6.68. The molecule has 1 saturated heterocycles. The maximum absolute atomic E-state index is 12.2. The van der Waals surface area contributed by atoms with Crippen LogP contribution in [-0.4, -0.2) is 56.3 Å². The first-order valence-corrected chi connectivity index (χ1v) is 8.65. The van der Waals surface area contributed by atoms with Crippen molar-refractivity contribution in [2.75, 3.05) is 23.4 Å². The van der Waals surface area contributed by atoms with E-state index in [1.54, 1.807) is 11.8 Å². The van der Waals surface area contributed by atoms with Crippen molar-refractivity contribution in [1.82, 2.24) is 15.1 Å². The average Bonchev–Trinajstić information content (AvgIpc) is 2.85. The van der Waals surface area contributed by atoms with Crippen LogP contribution in [0.25, 0.3) is 0 Å². The number of urea groups is 1. The van der Waals surface area contributed by atoms with E-state index in [-0.39, 0.29) is 0 Å². The molecule has 0 spiro atoms. The number of nitrogens with zero attached hydrogens (tertiary/aromatic N) is 3. The molecule has 1 aliphatic rings. The summed E-state index contributed by atoms with van der Waals surface area (Å²) in [6.07, 6.45) is 0.811. The van der Waals surface area contributed by atoms with Gasteiger partial charge in [0.2, 0.25) is 5.13 Å². The molecule has 9 heteroatoms. The molecule has 0 aromatic carbocycles.